The van der Waals surface area contributed by atoms with Gasteiger partial charge in [-0.1, -0.05) is 43.7 Å². The van der Waals surface area contributed by atoms with Gasteiger partial charge in [0.2, 0.25) is 0 Å². The Morgan fingerprint density at radius 1 is 0.958 bits per heavy atom. The Labute approximate surface area is 145 Å². The molecule has 0 aliphatic heterocycles. The molecule has 2 aromatic rings. The Morgan fingerprint density at radius 2 is 1.50 bits per heavy atom. The Balaban J connectivity index is 0.000000505. The monoisotopic (exact) mass is 328 g/mol. The molecule has 3 heteroatoms. The zero-order chi connectivity index (χ0) is 18.0. The van der Waals surface area contributed by atoms with Crippen molar-refractivity contribution in [2.75, 3.05) is 6.61 Å². The second-order valence-corrected chi connectivity index (χ2v) is 6.51. The maximum Gasteiger partial charge on any atom is 0.193 e. The lowest BCUT2D eigenvalue weighted by atomic mass is 10.0. The summed E-state index contributed by atoms with van der Waals surface area (Å²) in [5, 5.41) is 8.07. The van der Waals surface area contributed by atoms with Gasteiger partial charge in [-0.3, -0.25) is 4.79 Å². The fourth-order valence-electron chi connectivity index (χ4n) is 1.94. The Hall–Kier alpha value is -2.13. The van der Waals surface area contributed by atoms with Crippen LogP contribution in [0.3, 0.4) is 0 Å². The van der Waals surface area contributed by atoms with Crippen molar-refractivity contribution in [3.8, 4) is 5.75 Å². The molecule has 0 saturated heterocycles. The topological polar surface area (TPSA) is 46.5 Å². The molecule has 0 aliphatic carbocycles. The second kappa shape index (κ2) is 9.89. The Kier molecular flexibility index (Phi) is 8.20. The lowest BCUT2D eigenvalue weighted by molar-refractivity contribution is 0.103. The Bertz CT molecular complexity index is 593. The van der Waals surface area contributed by atoms with Gasteiger partial charge < -0.3 is 9.84 Å². The van der Waals surface area contributed by atoms with Crippen molar-refractivity contribution in [3.05, 3.63) is 65.7 Å². The summed E-state index contributed by atoms with van der Waals surface area (Å²) < 4.78 is 5.73. The van der Waals surface area contributed by atoms with Gasteiger partial charge in [0.15, 0.2) is 5.78 Å². The van der Waals surface area contributed by atoms with Crippen LogP contribution in [0.15, 0.2) is 54.6 Å². The highest BCUT2D eigenvalue weighted by Crippen LogP contribution is 2.19. The predicted molar refractivity (Wildman–Crippen MR) is 98.7 cm³/mol. The summed E-state index contributed by atoms with van der Waals surface area (Å²) in [6.45, 7) is 8.38. The van der Waals surface area contributed by atoms with Crippen LogP contribution in [0.5, 0.6) is 5.75 Å². The average molecular weight is 328 g/mol. The molecule has 0 bridgehead atoms. The standard InChI is InChI=1S/C17H18O2.C4H10O/c1-17(2,3)19-15-11-9-14(10-12-15)16(18)13-7-5-4-6-8-13;1-2-3-4-5/h4-12H,1-3H3;5H,2-4H2,1H3. The number of aliphatic hydroxyl groups excluding tert-OH is 1. The van der Waals surface area contributed by atoms with Crippen LogP contribution in [0.2, 0.25) is 0 Å². The maximum absolute atomic E-state index is 12.2. The van der Waals surface area contributed by atoms with Crippen LogP contribution in [0, 0.1) is 0 Å². The van der Waals surface area contributed by atoms with Gasteiger partial charge in [0.25, 0.3) is 0 Å². The van der Waals surface area contributed by atoms with E-state index in [4.69, 9.17) is 9.84 Å². The van der Waals surface area contributed by atoms with E-state index in [9.17, 15) is 4.79 Å². The van der Waals surface area contributed by atoms with Gasteiger partial charge in [-0.15, -0.1) is 0 Å². The SMILES string of the molecule is CC(C)(C)Oc1ccc(C(=O)c2ccccc2)cc1.CCCCO. The van der Waals surface area contributed by atoms with Crippen LogP contribution >= 0.6 is 0 Å². The van der Waals surface area contributed by atoms with Crippen molar-refractivity contribution in [1.82, 2.24) is 0 Å². The summed E-state index contributed by atoms with van der Waals surface area (Å²) in [6.07, 6.45) is 2.04. The first-order valence-electron chi connectivity index (χ1n) is 8.37. The molecule has 0 spiro atoms. The lowest BCUT2D eigenvalue weighted by Gasteiger charge is -2.21. The van der Waals surface area contributed by atoms with E-state index in [-0.39, 0.29) is 11.4 Å². The van der Waals surface area contributed by atoms with Crippen LogP contribution in [-0.2, 0) is 0 Å². The summed E-state index contributed by atoms with van der Waals surface area (Å²) in [4.78, 5) is 12.2. The predicted octanol–water partition coefficient (Wildman–Crippen LogP) is 4.87. The van der Waals surface area contributed by atoms with Gasteiger partial charge in [-0.05, 0) is 51.5 Å². The molecular formula is C21H28O3. The minimum atomic E-state index is -0.231. The summed E-state index contributed by atoms with van der Waals surface area (Å²) in [6, 6.07) is 16.5. The third-order valence-corrected chi connectivity index (χ3v) is 3.09. The number of unbranched alkanes of at least 4 members (excludes halogenated alkanes) is 1. The molecule has 1 N–H and O–H groups in total. The van der Waals surface area contributed by atoms with Gasteiger partial charge in [0, 0.05) is 17.7 Å². The molecule has 0 unspecified atom stereocenters. The maximum atomic E-state index is 12.2. The van der Waals surface area contributed by atoms with Gasteiger partial charge in [0.05, 0.1) is 0 Å². The van der Waals surface area contributed by atoms with Gasteiger partial charge >= 0.3 is 0 Å². The molecule has 2 rings (SSSR count). The fourth-order valence-corrected chi connectivity index (χ4v) is 1.94. The van der Waals surface area contributed by atoms with Crippen molar-refractivity contribution in [2.24, 2.45) is 0 Å². The van der Waals surface area contributed by atoms with E-state index >= 15 is 0 Å². The van der Waals surface area contributed by atoms with Crippen molar-refractivity contribution < 1.29 is 14.6 Å². The second-order valence-electron chi connectivity index (χ2n) is 6.51. The molecular weight excluding hydrogens is 300 g/mol. The highest BCUT2D eigenvalue weighted by molar-refractivity contribution is 6.08. The third-order valence-electron chi connectivity index (χ3n) is 3.09. The molecule has 0 fully saturated rings. The molecule has 24 heavy (non-hydrogen) atoms. The number of benzene rings is 2. The molecule has 0 atom stereocenters. The number of ether oxygens (including phenoxy) is 1. The van der Waals surface area contributed by atoms with Crippen LogP contribution in [0.1, 0.15) is 56.5 Å². The van der Waals surface area contributed by atoms with E-state index in [0.717, 1.165) is 18.6 Å². The van der Waals surface area contributed by atoms with E-state index in [0.29, 0.717) is 17.7 Å². The van der Waals surface area contributed by atoms with Crippen LogP contribution < -0.4 is 4.74 Å². The highest BCUT2D eigenvalue weighted by atomic mass is 16.5. The largest absolute Gasteiger partial charge is 0.488 e. The van der Waals surface area contributed by atoms with E-state index in [1.165, 1.54) is 0 Å². The van der Waals surface area contributed by atoms with E-state index in [2.05, 4.69) is 6.92 Å². The summed E-state index contributed by atoms with van der Waals surface area (Å²) in [5.74, 6) is 0.806. The average Bonchev–Trinajstić information content (AvgIpc) is 2.56. The molecule has 0 heterocycles. The summed E-state index contributed by atoms with van der Waals surface area (Å²) in [7, 11) is 0. The molecule has 0 radical (unpaired) electrons. The van der Waals surface area contributed by atoms with Crippen molar-refractivity contribution in [3.63, 3.8) is 0 Å². The first kappa shape index (κ1) is 19.9. The zero-order valence-corrected chi connectivity index (χ0v) is 15.1. The first-order valence-corrected chi connectivity index (χ1v) is 8.37. The summed E-state index contributed by atoms with van der Waals surface area (Å²) >= 11 is 0. The number of carbonyl (C=O) groups is 1. The number of rotatable bonds is 5. The summed E-state index contributed by atoms with van der Waals surface area (Å²) in [5.41, 5.74) is 1.14. The molecule has 130 valence electrons. The minimum Gasteiger partial charge on any atom is -0.488 e. The van der Waals surface area contributed by atoms with Crippen LogP contribution in [-0.4, -0.2) is 23.1 Å². The smallest absolute Gasteiger partial charge is 0.193 e. The van der Waals surface area contributed by atoms with Crippen molar-refractivity contribution in [2.45, 2.75) is 46.1 Å². The Morgan fingerprint density at radius 3 is 1.92 bits per heavy atom. The number of hydrogen-bond donors (Lipinski definition) is 1. The zero-order valence-electron chi connectivity index (χ0n) is 15.1. The number of aliphatic hydroxyl groups is 1. The van der Waals surface area contributed by atoms with Crippen LogP contribution in [0.25, 0.3) is 0 Å². The van der Waals surface area contributed by atoms with E-state index in [1.807, 2.05) is 63.2 Å². The highest BCUT2D eigenvalue weighted by Gasteiger charge is 2.13. The van der Waals surface area contributed by atoms with E-state index < -0.39 is 0 Å². The van der Waals surface area contributed by atoms with Crippen molar-refractivity contribution in [1.29, 1.82) is 0 Å². The lowest BCUT2D eigenvalue weighted by Crippen LogP contribution is -2.22. The van der Waals surface area contributed by atoms with Gasteiger partial charge in [-0.25, -0.2) is 0 Å². The number of ketones is 1. The minimum absolute atomic E-state index is 0.0305. The molecule has 0 amide bonds. The number of carbonyl (C=O) groups excluding carboxylic acids is 1. The normalized spacial score (nSPS) is 10.5. The molecule has 0 aromatic heterocycles. The van der Waals surface area contributed by atoms with Gasteiger partial charge in [-0.2, -0.15) is 0 Å². The van der Waals surface area contributed by atoms with E-state index in [1.54, 1.807) is 12.1 Å². The quantitative estimate of drug-likeness (QED) is 0.796. The molecule has 3 nitrogen and oxygen atoms in total. The van der Waals surface area contributed by atoms with Gasteiger partial charge in [0.1, 0.15) is 11.4 Å². The third kappa shape index (κ3) is 7.42. The molecule has 2 aromatic carbocycles. The molecule has 0 aliphatic rings. The van der Waals surface area contributed by atoms with Crippen molar-refractivity contribution >= 4 is 5.78 Å². The first-order chi connectivity index (χ1) is 11.4. The van der Waals surface area contributed by atoms with Crippen LogP contribution in [0.4, 0.5) is 0 Å². The number of hydrogen-bond acceptors (Lipinski definition) is 3. The molecule has 0 saturated carbocycles. The fraction of sp³-hybridized carbons (Fsp3) is 0.381.